The lowest BCUT2D eigenvalue weighted by atomic mass is 10.1. The van der Waals surface area contributed by atoms with E-state index in [-0.39, 0.29) is 0 Å². The van der Waals surface area contributed by atoms with Gasteiger partial charge in [0.2, 0.25) is 0 Å². The molecule has 0 atom stereocenters. The highest BCUT2D eigenvalue weighted by Crippen LogP contribution is 2.24. The van der Waals surface area contributed by atoms with Gasteiger partial charge >= 0.3 is 0 Å². The van der Waals surface area contributed by atoms with Gasteiger partial charge in [-0.3, -0.25) is 4.68 Å². The van der Waals surface area contributed by atoms with Crippen molar-refractivity contribution in [3.8, 4) is 11.3 Å². The Morgan fingerprint density at radius 1 is 1.21 bits per heavy atom. The Bertz CT molecular complexity index is 417. The molecule has 0 amide bonds. The minimum Gasteiger partial charge on any atom is -0.385 e. The van der Waals surface area contributed by atoms with E-state index in [1.807, 2.05) is 43.2 Å². The first-order valence-electron chi connectivity index (χ1n) is 4.58. The fourth-order valence-corrected chi connectivity index (χ4v) is 1.48. The Hall–Kier alpha value is -1.77. The molecule has 0 fully saturated rings. The first kappa shape index (κ1) is 8.81. The molecular formula is C11H13N3. The quantitative estimate of drug-likeness (QED) is 0.780. The summed E-state index contributed by atoms with van der Waals surface area (Å²) >= 11 is 0. The van der Waals surface area contributed by atoms with Crippen LogP contribution in [0.25, 0.3) is 11.3 Å². The van der Waals surface area contributed by atoms with Gasteiger partial charge in [0.15, 0.2) is 0 Å². The topological polar surface area (TPSA) is 29.9 Å². The molecule has 1 heterocycles. The average Bonchev–Trinajstić information content (AvgIpc) is 2.61. The first-order valence-corrected chi connectivity index (χ1v) is 4.58. The summed E-state index contributed by atoms with van der Waals surface area (Å²) in [6.45, 7) is 0. The number of aromatic nitrogens is 2. The molecular weight excluding hydrogens is 174 g/mol. The van der Waals surface area contributed by atoms with Crippen LogP contribution >= 0.6 is 0 Å². The SMILES string of the molecule is CNc1cn(C)nc1-c1ccccc1. The summed E-state index contributed by atoms with van der Waals surface area (Å²) in [6.07, 6.45) is 1.97. The lowest BCUT2D eigenvalue weighted by molar-refractivity contribution is 0.771. The Labute approximate surface area is 83.4 Å². The summed E-state index contributed by atoms with van der Waals surface area (Å²) in [5.41, 5.74) is 3.19. The smallest absolute Gasteiger partial charge is 0.115 e. The van der Waals surface area contributed by atoms with Crippen LogP contribution in [0.15, 0.2) is 36.5 Å². The molecule has 1 N–H and O–H groups in total. The summed E-state index contributed by atoms with van der Waals surface area (Å²) in [6, 6.07) is 10.2. The van der Waals surface area contributed by atoms with Crippen molar-refractivity contribution in [1.82, 2.24) is 9.78 Å². The molecule has 0 aliphatic heterocycles. The van der Waals surface area contributed by atoms with Crippen LogP contribution in [0.3, 0.4) is 0 Å². The summed E-state index contributed by atoms with van der Waals surface area (Å²) in [5, 5.41) is 7.54. The third-order valence-corrected chi connectivity index (χ3v) is 2.15. The lowest BCUT2D eigenvalue weighted by Crippen LogP contribution is -1.88. The summed E-state index contributed by atoms with van der Waals surface area (Å²) in [5.74, 6) is 0. The van der Waals surface area contributed by atoms with Crippen LogP contribution < -0.4 is 5.32 Å². The van der Waals surface area contributed by atoms with Crippen LogP contribution in [0.1, 0.15) is 0 Å². The second-order valence-corrected chi connectivity index (χ2v) is 3.18. The summed E-state index contributed by atoms with van der Waals surface area (Å²) in [7, 11) is 3.83. The number of hydrogen-bond donors (Lipinski definition) is 1. The first-order chi connectivity index (χ1) is 6.81. The van der Waals surface area contributed by atoms with Gasteiger partial charge < -0.3 is 5.32 Å². The van der Waals surface area contributed by atoms with Crippen LogP contribution in [-0.4, -0.2) is 16.8 Å². The number of rotatable bonds is 2. The van der Waals surface area contributed by atoms with Crippen LogP contribution in [-0.2, 0) is 7.05 Å². The zero-order valence-corrected chi connectivity index (χ0v) is 8.36. The number of anilines is 1. The standard InChI is InChI=1S/C11H13N3/c1-12-10-8-14(2)13-11(10)9-6-4-3-5-7-9/h3-8,12H,1-2H3. The number of aryl methyl sites for hydroxylation is 1. The number of nitrogens with zero attached hydrogens (tertiary/aromatic N) is 2. The van der Waals surface area contributed by atoms with E-state index in [4.69, 9.17) is 0 Å². The molecule has 2 rings (SSSR count). The molecule has 0 bridgehead atoms. The predicted molar refractivity (Wildman–Crippen MR) is 58.2 cm³/mol. The van der Waals surface area contributed by atoms with E-state index in [1.54, 1.807) is 0 Å². The predicted octanol–water partition coefficient (Wildman–Crippen LogP) is 2.13. The van der Waals surface area contributed by atoms with Gasteiger partial charge in [-0.25, -0.2) is 0 Å². The molecule has 0 radical (unpaired) electrons. The van der Waals surface area contributed by atoms with Crippen LogP contribution in [0.2, 0.25) is 0 Å². The van der Waals surface area contributed by atoms with Crippen molar-refractivity contribution in [1.29, 1.82) is 0 Å². The molecule has 0 aliphatic rings. The normalized spacial score (nSPS) is 10.1. The third-order valence-electron chi connectivity index (χ3n) is 2.15. The molecule has 0 aliphatic carbocycles. The van der Waals surface area contributed by atoms with Gasteiger partial charge in [0.25, 0.3) is 0 Å². The molecule has 0 spiro atoms. The minimum atomic E-state index is 0.996. The number of nitrogens with one attached hydrogen (secondary N) is 1. The van der Waals surface area contributed by atoms with Gasteiger partial charge in [-0.2, -0.15) is 5.10 Å². The van der Waals surface area contributed by atoms with Gasteiger partial charge in [-0.15, -0.1) is 0 Å². The third kappa shape index (κ3) is 1.48. The Kier molecular flexibility index (Phi) is 2.23. The molecule has 1 aromatic carbocycles. The van der Waals surface area contributed by atoms with Crippen LogP contribution in [0.4, 0.5) is 5.69 Å². The van der Waals surface area contributed by atoms with Gasteiger partial charge in [0, 0.05) is 25.9 Å². The summed E-state index contributed by atoms with van der Waals surface area (Å²) in [4.78, 5) is 0. The Balaban J connectivity index is 2.51. The Morgan fingerprint density at radius 3 is 2.57 bits per heavy atom. The van der Waals surface area contributed by atoms with E-state index in [0.717, 1.165) is 16.9 Å². The van der Waals surface area contributed by atoms with E-state index in [1.165, 1.54) is 0 Å². The monoisotopic (exact) mass is 187 g/mol. The highest BCUT2D eigenvalue weighted by molar-refractivity contribution is 5.73. The van der Waals surface area contributed by atoms with Crippen LogP contribution in [0.5, 0.6) is 0 Å². The van der Waals surface area contributed by atoms with Crippen molar-refractivity contribution >= 4 is 5.69 Å². The van der Waals surface area contributed by atoms with Crippen molar-refractivity contribution in [2.24, 2.45) is 7.05 Å². The maximum atomic E-state index is 4.41. The Morgan fingerprint density at radius 2 is 1.93 bits per heavy atom. The van der Waals surface area contributed by atoms with Crippen molar-refractivity contribution in [3.63, 3.8) is 0 Å². The molecule has 3 nitrogen and oxygen atoms in total. The van der Waals surface area contributed by atoms with Crippen molar-refractivity contribution in [2.45, 2.75) is 0 Å². The lowest BCUT2D eigenvalue weighted by Gasteiger charge is -1.99. The van der Waals surface area contributed by atoms with Gasteiger partial charge in [0.05, 0.1) is 5.69 Å². The molecule has 2 aromatic rings. The van der Waals surface area contributed by atoms with E-state index >= 15 is 0 Å². The second kappa shape index (κ2) is 3.54. The number of hydrogen-bond acceptors (Lipinski definition) is 2. The molecule has 1 aromatic heterocycles. The largest absolute Gasteiger partial charge is 0.385 e. The average molecular weight is 187 g/mol. The molecule has 72 valence electrons. The maximum Gasteiger partial charge on any atom is 0.115 e. The van der Waals surface area contributed by atoms with E-state index < -0.39 is 0 Å². The van der Waals surface area contributed by atoms with Gasteiger partial charge in [-0.1, -0.05) is 30.3 Å². The van der Waals surface area contributed by atoms with Crippen molar-refractivity contribution < 1.29 is 0 Å². The van der Waals surface area contributed by atoms with E-state index in [2.05, 4.69) is 22.5 Å². The van der Waals surface area contributed by atoms with Crippen molar-refractivity contribution in [3.05, 3.63) is 36.5 Å². The fourth-order valence-electron chi connectivity index (χ4n) is 1.48. The van der Waals surface area contributed by atoms with Crippen LogP contribution in [0, 0.1) is 0 Å². The van der Waals surface area contributed by atoms with Crippen molar-refractivity contribution in [2.75, 3.05) is 12.4 Å². The fraction of sp³-hybridized carbons (Fsp3) is 0.182. The zero-order chi connectivity index (χ0) is 9.97. The second-order valence-electron chi connectivity index (χ2n) is 3.18. The molecule has 14 heavy (non-hydrogen) atoms. The zero-order valence-electron chi connectivity index (χ0n) is 8.36. The van der Waals surface area contributed by atoms with Gasteiger partial charge in [-0.05, 0) is 0 Å². The van der Waals surface area contributed by atoms with E-state index in [0.29, 0.717) is 0 Å². The molecule has 3 heteroatoms. The van der Waals surface area contributed by atoms with Gasteiger partial charge in [0.1, 0.15) is 5.69 Å². The number of benzene rings is 1. The highest BCUT2D eigenvalue weighted by Gasteiger charge is 2.07. The minimum absolute atomic E-state index is 0.996. The molecule has 0 saturated carbocycles. The summed E-state index contributed by atoms with van der Waals surface area (Å²) < 4.78 is 1.81. The van der Waals surface area contributed by atoms with E-state index in [9.17, 15) is 0 Å². The molecule has 0 saturated heterocycles. The molecule has 0 unspecified atom stereocenters. The maximum absolute atomic E-state index is 4.41. The highest BCUT2D eigenvalue weighted by atomic mass is 15.3.